The van der Waals surface area contributed by atoms with Gasteiger partial charge in [-0.3, -0.25) is 9.10 Å². The first kappa shape index (κ1) is 22.0. The van der Waals surface area contributed by atoms with Crippen LogP contribution in [0.3, 0.4) is 0 Å². The first-order valence-corrected chi connectivity index (χ1v) is 10.2. The Labute approximate surface area is 169 Å². The molecule has 2 aromatic rings. The third-order valence-corrected chi connectivity index (χ3v) is 5.37. The van der Waals surface area contributed by atoms with E-state index in [1.807, 2.05) is 0 Å². The number of hydrogen-bond acceptors (Lipinski definition) is 7. The number of hydrogen-bond donors (Lipinski definition) is 1. The lowest BCUT2D eigenvalue weighted by Gasteiger charge is -2.17. The Morgan fingerprint density at radius 2 is 1.52 bits per heavy atom. The van der Waals surface area contributed by atoms with Crippen LogP contribution in [0.25, 0.3) is 0 Å². The van der Waals surface area contributed by atoms with Crippen molar-refractivity contribution in [3.63, 3.8) is 0 Å². The number of benzene rings is 2. The fraction of sp³-hybridized carbons (Fsp3) is 0.263. The van der Waals surface area contributed by atoms with Gasteiger partial charge >= 0.3 is 5.97 Å². The molecule has 2 aromatic carbocycles. The average Bonchev–Trinajstić information content (AvgIpc) is 2.71. The SMILES string of the molecule is COC(=O)c1cc(OC)c(OC)cc1NC(=O)c1ccc(N(C)S(C)(=O)=O)cc1. The monoisotopic (exact) mass is 422 g/mol. The second-order valence-electron chi connectivity index (χ2n) is 5.98. The summed E-state index contributed by atoms with van der Waals surface area (Å²) in [5.41, 5.74) is 0.940. The number of carbonyl (C=O) groups excluding carboxylic acids is 2. The molecule has 0 aliphatic rings. The highest BCUT2D eigenvalue weighted by Crippen LogP contribution is 2.34. The molecule has 0 fully saturated rings. The predicted molar refractivity (Wildman–Crippen MR) is 109 cm³/mol. The van der Waals surface area contributed by atoms with Gasteiger partial charge in [-0.2, -0.15) is 0 Å². The third kappa shape index (κ3) is 4.96. The molecule has 1 N–H and O–H groups in total. The molecule has 0 atom stereocenters. The van der Waals surface area contributed by atoms with E-state index < -0.39 is 21.9 Å². The Balaban J connectivity index is 2.35. The van der Waals surface area contributed by atoms with Crippen LogP contribution in [-0.4, -0.2) is 54.9 Å². The van der Waals surface area contributed by atoms with Crippen molar-refractivity contribution in [2.45, 2.75) is 0 Å². The lowest BCUT2D eigenvalue weighted by Crippen LogP contribution is -2.24. The molecule has 0 aliphatic heterocycles. The van der Waals surface area contributed by atoms with E-state index in [0.29, 0.717) is 17.2 Å². The minimum absolute atomic E-state index is 0.0897. The molecule has 10 heteroatoms. The average molecular weight is 422 g/mol. The quantitative estimate of drug-likeness (QED) is 0.681. The van der Waals surface area contributed by atoms with Gasteiger partial charge in [-0.15, -0.1) is 0 Å². The van der Waals surface area contributed by atoms with Crippen LogP contribution < -0.4 is 19.1 Å². The number of nitrogens with zero attached hydrogens (tertiary/aromatic N) is 1. The van der Waals surface area contributed by atoms with Crippen molar-refractivity contribution in [1.29, 1.82) is 0 Å². The molecule has 0 spiro atoms. The Morgan fingerprint density at radius 1 is 0.966 bits per heavy atom. The molecule has 0 unspecified atom stereocenters. The van der Waals surface area contributed by atoms with Gasteiger partial charge in [0, 0.05) is 24.7 Å². The first-order valence-electron chi connectivity index (χ1n) is 8.32. The van der Waals surface area contributed by atoms with Gasteiger partial charge in [-0.1, -0.05) is 0 Å². The summed E-state index contributed by atoms with van der Waals surface area (Å²) in [6, 6.07) is 8.83. The minimum Gasteiger partial charge on any atom is -0.493 e. The van der Waals surface area contributed by atoms with Crippen LogP contribution in [0.15, 0.2) is 36.4 Å². The summed E-state index contributed by atoms with van der Waals surface area (Å²) < 4.78 is 39.5. The van der Waals surface area contributed by atoms with Crippen LogP contribution in [0.4, 0.5) is 11.4 Å². The molecule has 0 saturated carbocycles. The highest BCUT2D eigenvalue weighted by molar-refractivity contribution is 7.92. The van der Waals surface area contributed by atoms with Gasteiger partial charge in [0.25, 0.3) is 5.91 Å². The van der Waals surface area contributed by atoms with E-state index in [1.165, 1.54) is 64.8 Å². The molecule has 0 bridgehead atoms. The Hall–Kier alpha value is -3.27. The number of rotatable bonds is 7. The highest BCUT2D eigenvalue weighted by Gasteiger charge is 2.20. The second kappa shape index (κ2) is 8.82. The van der Waals surface area contributed by atoms with E-state index in [4.69, 9.17) is 14.2 Å². The van der Waals surface area contributed by atoms with Crippen LogP contribution in [0.1, 0.15) is 20.7 Å². The summed E-state index contributed by atoms with van der Waals surface area (Å²) in [6.45, 7) is 0. The van der Waals surface area contributed by atoms with Crippen molar-refractivity contribution < 1.29 is 32.2 Å². The normalized spacial score (nSPS) is 10.8. The summed E-state index contributed by atoms with van der Waals surface area (Å²) in [5, 5.41) is 2.64. The topological polar surface area (TPSA) is 111 Å². The van der Waals surface area contributed by atoms with Crippen LogP contribution in [-0.2, 0) is 14.8 Å². The van der Waals surface area contributed by atoms with Crippen LogP contribution in [0.5, 0.6) is 11.5 Å². The van der Waals surface area contributed by atoms with E-state index in [-0.39, 0.29) is 16.8 Å². The van der Waals surface area contributed by atoms with Crippen LogP contribution in [0, 0.1) is 0 Å². The zero-order valence-corrected chi connectivity index (χ0v) is 17.5. The fourth-order valence-corrected chi connectivity index (χ4v) is 2.97. The number of ether oxygens (including phenoxy) is 3. The van der Waals surface area contributed by atoms with Gasteiger partial charge < -0.3 is 19.5 Å². The third-order valence-electron chi connectivity index (χ3n) is 4.17. The maximum atomic E-state index is 12.6. The molecule has 0 aromatic heterocycles. The number of carbonyl (C=O) groups is 2. The van der Waals surface area contributed by atoms with Crippen molar-refractivity contribution in [3.05, 3.63) is 47.5 Å². The number of esters is 1. The number of anilines is 2. The zero-order chi connectivity index (χ0) is 21.8. The molecule has 2 rings (SSSR count). The summed E-state index contributed by atoms with van der Waals surface area (Å²) in [5.74, 6) is -0.540. The smallest absolute Gasteiger partial charge is 0.340 e. The van der Waals surface area contributed by atoms with Crippen molar-refractivity contribution >= 4 is 33.3 Å². The van der Waals surface area contributed by atoms with Gasteiger partial charge in [0.2, 0.25) is 10.0 Å². The van der Waals surface area contributed by atoms with Crippen molar-refractivity contribution in [1.82, 2.24) is 0 Å². The molecule has 156 valence electrons. The molecular weight excluding hydrogens is 400 g/mol. The van der Waals surface area contributed by atoms with E-state index >= 15 is 0 Å². The van der Waals surface area contributed by atoms with Gasteiger partial charge in [-0.05, 0) is 24.3 Å². The maximum absolute atomic E-state index is 12.6. The number of amides is 1. The van der Waals surface area contributed by atoms with E-state index in [2.05, 4.69) is 5.32 Å². The van der Waals surface area contributed by atoms with E-state index in [1.54, 1.807) is 0 Å². The molecule has 0 heterocycles. The summed E-state index contributed by atoms with van der Waals surface area (Å²) in [7, 11) is 2.07. The van der Waals surface area contributed by atoms with Crippen molar-refractivity contribution in [3.8, 4) is 11.5 Å². The zero-order valence-electron chi connectivity index (χ0n) is 16.7. The Bertz CT molecular complexity index is 1020. The molecule has 1 amide bonds. The number of nitrogens with one attached hydrogen (secondary N) is 1. The van der Waals surface area contributed by atoms with Gasteiger partial charge in [-0.25, -0.2) is 13.2 Å². The molecule has 0 aliphatic carbocycles. The summed E-state index contributed by atoms with van der Waals surface area (Å²) in [6.07, 6.45) is 1.08. The van der Waals surface area contributed by atoms with Crippen molar-refractivity contribution in [2.75, 3.05) is 44.3 Å². The predicted octanol–water partition coefficient (Wildman–Crippen LogP) is 2.14. The minimum atomic E-state index is -3.41. The Morgan fingerprint density at radius 3 is 2.00 bits per heavy atom. The number of sulfonamides is 1. The lowest BCUT2D eigenvalue weighted by atomic mass is 10.1. The van der Waals surface area contributed by atoms with E-state index in [0.717, 1.165) is 10.6 Å². The molecule has 29 heavy (non-hydrogen) atoms. The van der Waals surface area contributed by atoms with Gasteiger partial charge in [0.1, 0.15) is 0 Å². The fourth-order valence-electron chi connectivity index (χ4n) is 2.47. The molecular formula is C19H22N2O7S. The molecule has 0 radical (unpaired) electrons. The largest absolute Gasteiger partial charge is 0.493 e. The second-order valence-corrected chi connectivity index (χ2v) is 7.99. The Kier molecular flexibility index (Phi) is 6.70. The van der Waals surface area contributed by atoms with Gasteiger partial charge in [0.05, 0.1) is 44.5 Å². The van der Waals surface area contributed by atoms with Crippen LogP contribution >= 0.6 is 0 Å². The maximum Gasteiger partial charge on any atom is 0.340 e. The van der Waals surface area contributed by atoms with Gasteiger partial charge in [0.15, 0.2) is 11.5 Å². The van der Waals surface area contributed by atoms with Crippen LogP contribution in [0.2, 0.25) is 0 Å². The first-order chi connectivity index (χ1) is 13.6. The summed E-state index contributed by atoms with van der Waals surface area (Å²) in [4.78, 5) is 24.7. The molecule has 0 saturated heterocycles. The van der Waals surface area contributed by atoms with E-state index in [9.17, 15) is 18.0 Å². The molecule has 9 nitrogen and oxygen atoms in total. The van der Waals surface area contributed by atoms with Crippen molar-refractivity contribution in [2.24, 2.45) is 0 Å². The lowest BCUT2D eigenvalue weighted by molar-refractivity contribution is 0.0601. The standard InChI is InChI=1S/C19H22N2O7S/c1-21(29(5,24)25)13-8-6-12(7-9-13)18(22)20-15-11-17(27-3)16(26-2)10-14(15)19(23)28-4/h6-11H,1-5H3,(H,20,22). The highest BCUT2D eigenvalue weighted by atomic mass is 32.2. The number of methoxy groups -OCH3 is 3. The summed E-state index contributed by atoms with van der Waals surface area (Å²) >= 11 is 0.